The van der Waals surface area contributed by atoms with Crippen molar-refractivity contribution in [3.63, 3.8) is 0 Å². The van der Waals surface area contributed by atoms with Gasteiger partial charge in [0.15, 0.2) is 0 Å². The first-order valence-corrected chi connectivity index (χ1v) is 9.85. The summed E-state index contributed by atoms with van der Waals surface area (Å²) >= 11 is 0. The van der Waals surface area contributed by atoms with E-state index in [0.29, 0.717) is 18.9 Å². The minimum atomic E-state index is -0.789. The molecular formula is C19H33N3O3. The molecule has 2 rings (SSSR count). The van der Waals surface area contributed by atoms with Crippen LogP contribution in [0.5, 0.6) is 0 Å². The van der Waals surface area contributed by atoms with Gasteiger partial charge in [0.25, 0.3) is 5.91 Å². The lowest BCUT2D eigenvalue weighted by Gasteiger charge is -2.36. The van der Waals surface area contributed by atoms with Gasteiger partial charge in [-0.15, -0.1) is 0 Å². The van der Waals surface area contributed by atoms with Gasteiger partial charge in [0.2, 0.25) is 5.91 Å². The molecule has 0 unspecified atom stereocenters. The van der Waals surface area contributed by atoms with E-state index in [4.69, 9.17) is 0 Å². The van der Waals surface area contributed by atoms with Gasteiger partial charge in [0.05, 0.1) is 0 Å². The lowest BCUT2D eigenvalue weighted by molar-refractivity contribution is -0.137. The highest BCUT2D eigenvalue weighted by molar-refractivity contribution is 6.09. The van der Waals surface area contributed by atoms with Crippen molar-refractivity contribution < 1.29 is 14.4 Å². The topological polar surface area (TPSA) is 78.5 Å². The predicted octanol–water partition coefficient (Wildman–Crippen LogP) is 2.82. The van der Waals surface area contributed by atoms with Gasteiger partial charge in [0.1, 0.15) is 12.1 Å². The average Bonchev–Trinajstić information content (AvgIpc) is 2.83. The fourth-order valence-corrected chi connectivity index (χ4v) is 4.04. The zero-order valence-electron chi connectivity index (χ0n) is 15.9. The molecule has 2 fully saturated rings. The predicted molar refractivity (Wildman–Crippen MR) is 96.9 cm³/mol. The molecule has 0 radical (unpaired) electrons. The smallest absolute Gasteiger partial charge is 0.325 e. The van der Waals surface area contributed by atoms with Gasteiger partial charge in [0, 0.05) is 6.54 Å². The third kappa shape index (κ3) is 4.33. The lowest BCUT2D eigenvalue weighted by Crippen LogP contribution is -2.54. The Balaban J connectivity index is 1.90. The van der Waals surface area contributed by atoms with Gasteiger partial charge >= 0.3 is 6.03 Å². The highest BCUT2D eigenvalue weighted by Crippen LogP contribution is 2.38. The molecule has 1 saturated carbocycles. The summed E-state index contributed by atoms with van der Waals surface area (Å²) < 4.78 is 0. The van der Waals surface area contributed by atoms with Crippen LogP contribution in [-0.4, -0.2) is 41.4 Å². The van der Waals surface area contributed by atoms with E-state index in [1.165, 1.54) is 0 Å². The zero-order valence-corrected chi connectivity index (χ0v) is 15.9. The number of nitrogens with zero attached hydrogens (tertiary/aromatic N) is 1. The molecule has 142 valence electrons. The van der Waals surface area contributed by atoms with E-state index in [1.807, 2.05) is 6.92 Å². The molecule has 1 aliphatic carbocycles. The van der Waals surface area contributed by atoms with E-state index in [0.717, 1.165) is 49.8 Å². The molecule has 1 spiro atoms. The fourth-order valence-electron chi connectivity index (χ4n) is 4.04. The van der Waals surface area contributed by atoms with E-state index in [2.05, 4.69) is 24.5 Å². The molecule has 6 heteroatoms. The van der Waals surface area contributed by atoms with Gasteiger partial charge in [-0.3, -0.25) is 14.5 Å². The maximum atomic E-state index is 12.8. The highest BCUT2D eigenvalue weighted by Gasteiger charge is 2.55. The molecule has 2 N–H and O–H groups in total. The lowest BCUT2D eigenvalue weighted by atomic mass is 9.73. The second-order valence-electron chi connectivity index (χ2n) is 7.66. The van der Waals surface area contributed by atoms with Crippen LogP contribution in [0.3, 0.4) is 0 Å². The molecule has 1 heterocycles. The van der Waals surface area contributed by atoms with Crippen LogP contribution in [-0.2, 0) is 9.59 Å². The number of rotatable bonds is 8. The van der Waals surface area contributed by atoms with Crippen LogP contribution in [0.15, 0.2) is 0 Å². The first-order valence-electron chi connectivity index (χ1n) is 9.85. The number of amides is 4. The number of hydrogen-bond donors (Lipinski definition) is 2. The molecule has 1 saturated heterocycles. The number of carbonyl (C=O) groups is 3. The summed E-state index contributed by atoms with van der Waals surface area (Å²) in [6.07, 6.45) is 8.04. The number of nitrogens with one attached hydrogen (secondary N) is 2. The zero-order chi connectivity index (χ0) is 18.4. The molecule has 25 heavy (non-hydrogen) atoms. The molecule has 0 bridgehead atoms. The summed E-state index contributed by atoms with van der Waals surface area (Å²) in [6, 6.07) is -0.424. The first-order chi connectivity index (χ1) is 11.9. The Morgan fingerprint density at radius 1 is 1.36 bits per heavy atom. The number of urea groups is 1. The summed E-state index contributed by atoms with van der Waals surface area (Å²) in [5, 5.41) is 5.79. The van der Waals surface area contributed by atoms with Crippen molar-refractivity contribution in [1.29, 1.82) is 0 Å². The van der Waals surface area contributed by atoms with Crippen molar-refractivity contribution in [2.45, 2.75) is 77.7 Å². The number of hydrogen-bond acceptors (Lipinski definition) is 3. The number of imide groups is 1. The quantitative estimate of drug-likeness (QED) is 0.660. The highest BCUT2D eigenvalue weighted by atomic mass is 16.2. The van der Waals surface area contributed by atoms with Crippen LogP contribution < -0.4 is 10.6 Å². The van der Waals surface area contributed by atoms with E-state index in [9.17, 15) is 14.4 Å². The molecule has 0 aromatic heterocycles. The van der Waals surface area contributed by atoms with Crippen molar-refractivity contribution in [2.75, 3.05) is 13.1 Å². The second kappa shape index (κ2) is 8.68. The fraction of sp³-hybridized carbons (Fsp3) is 0.842. The Labute approximate surface area is 151 Å². The van der Waals surface area contributed by atoms with Gasteiger partial charge in [-0.2, -0.15) is 0 Å². The molecule has 6 nitrogen and oxygen atoms in total. The average molecular weight is 351 g/mol. The van der Waals surface area contributed by atoms with Crippen molar-refractivity contribution >= 4 is 17.8 Å². The van der Waals surface area contributed by atoms with Crippen LogP contribution in [0, 0.1) is 11.8 Å². The normalized spacial score (nSPS) is 27.5. The maximum Gasteiger partial charge on any atom is 0.325 e. The molecule has 4 amide bonds. The third-order valence-electron chi connectivity index (χ3n) is 5.93. The Kier molecular flexibility index (Phi) is 6.85. The molecule has 3 atom stereocenters. The minimum absolute atomic E-state index is 0.115. The Morgan fingerprint density at radius 3 is 2.76 bits per heavy atom. The summed E-state index contributed by atoms with van der Waals surface area (Å²) in [5.74, 6) is 0.0952. The van der Waals surface area contributed by atoms with Gasteiger partial charge in [-0.05, 0) is 31.1 Å². The first kappa shape index (κ1) is 19.7. The minimum Gasteiger partial charge on any atom is -0.354 e. The standard InChI is InChI=1S/C19H33N3O3/c1-4-6-10-15(5-2)12-20-16(23)13-22-17(24)19(21-18(22)25)11-8-7-9-14(19)3/h14-15H,4-13H2,1-3H3,(H,20,23)(H,21,25)/t14-,15+,19+/m0/s1. The van der Waals surface area contributed by atoms with E-state index in [1.54, 1.807) is 0 Å². The van der Waals surface area contributed by atoms with Gasteiger partial charge in [-0.1, -0.05) is 52.9 Å². The van der Waals surface area contributed by atoms with Crippen molar-refractivity contribution in [3.8, 4) is 0 Å². The summed E-state index contributed by atoms with van der Waals surface area (Å²) in [6.45, 7) is 6.73. The molecule has 1 aliphatic heterocycles. The van der Waals surface area contributed by atoms with Crippen molar-refractivity contribution in [2.24, 2.45) is 11.8 Å². The van der Waals surface area contributed by atoms with E-state index >= 15 is 0 Å². The Bertz CT molecular complexity index is 508. The van der Waals surface area contributed by atoms with Crippen molar-refractivity contribution in [3.05, 3.63) is 0 Å². The Morgan fingerprint density at radius 2 is 2.12 bits per heavy atom. The van der Waals surface area contributed by atoms with E-state index < -0.39 is 11.6 Å². The third-order valence-corrected chi connectivity index (χ3v) is 5.93. The van der Waals surface area contributed by atoms with Crippen LogP contribution >= 0.6 is 0 Å². The summed E-state index contributed by atoms with van der Waals surface area (Å²) in [4.78, 5) is 38.5. The SMILES string of the molecule is CCCC[C@@H](CC)CNC(=O)CN1C(=O)N[C@@]2(CCCC[C@@H]2C)C1=O. The summed E-state index contributed by atoms with van der Waals surface area (Å²) in [5.41, 5.74) is -0.789. The number of unbranched alkanes of at least 4 members (excludes halogenated alkanes) is 1. The molecule has 2 aliphatic rings. The Hall–Kier alpha value is -1.59. The van der Waals surface area contributed by atoms with E-state index in [-0.39, 0.29) is 24.3 Å². The van der Waals surface area contributed by atoms with Crippen LogP contribution in [0.25, 0.3) is 0 Å². The van der Waals surface area contributed by atoms with Crippen LogP contribution in [0.4, 0.5) is 4.79 Å². The maximum absolute atomic E-state index is 12.8. The van der Waals surface area contributed by atoms with Gasteiger partial charge < -0.3 is 10.6 Å². The molecular weight excluding hydrogens is 318 g/mol. The summed E-state index contributed by atoms with van der Waals surface area (Å²) in [7, 11) is 0. The van der Waals surface area contributed by atoms with Crippen molar-refractivity contribution in [1.82, 2.24) is 15.5 Å². The number of carbonyl (C=O) groups excluding carboxylic acids is 3. The van der Waals surface area contributed by atoms with Gasteiger partial charge in [-0.25, -0.2) is 4.79 Å². The monoisotopic (exact) mass is 351 g/mol. The molecule has 0 aromatic rings. The second-order valence-corrected chi connectivity index (χ2v) is 7.66. The van der Waals surface area contributed by atoms with Crippen LogP contribution in [0.2, 0.25) is 0 Å². The largest absolute Gasteiger partial charge is 0.354 e. The molecule has 0 aromatic carbocycles. The van der Waals surface area contributed by atoms with Crippen LogP contribution in [0.1, 0.15) is 72.1 Å².